The number of aromatic nitrogens is 2. The lowest BCUT2D eigenvalue weighted by atomic mass is 10.2. The van der Waals surface area contributed by atoms with Gasteiger partial charge in [0.2, 0.25) is 0 Å². The number of nitrogens with two attached hydrogens (primary N) is 1. The number of nitrogens with zero attached hydrogens (tertiary/aromatic N) is 3. The smallest absolute Gasteiger partial charge is 0.148 e. The number of hydrogen-bond acceptors (Lipinski definition) is 6. The second-order valence-corrected chi connectivity index (χ2v) is 6.04. The largest absolute Gasteiger partial charge is 0.371 e. The van der Waals surface area contributed by atoms with Crippen LogP contribution in [0.1, 0.15) is 44.0 Å². The Kier molecular flexibility index (Phi) is 3.52. The molecule has 2 bridgehead atoms. The molecule has 0 amide bonds. The average molecular weight is 277 g/mol. The highest BCUT2D eigenvalue weighted by atomic mass is 16.5. The minimum Gasteiger partial charge on any atom is -0.371 e. The summed E-state index contributed by atoms with van der Waals surface area (Å²) < 4.78 is 5.90. The van der Waals surface area contributed by atoms with Crippen LogP contribution in [0.2, 0.25) is 0 Å². The zero-order valence-corrected chi connectivity index (χ0v) is 12.4. The van der Waals surface area contributed by atoms with E-state index in [1.54, 1.807) is 0 Å². The third-order valence-corrected chi connectivity index (χ3v) is 4.13. The number of ether oxygens (including phenoxy) is 1. The maximum atomic E-state index is 5.90. The molecule has 1 aromatic rings. The van der Waals surface area contributed by atoms with Crippen molar-refractivity contribution in [2.24, 2.45) is 5.84 Å². The van der Waals surface area contributed by atoms with Gasteiger partial charge in [-0.2, -0.15) is 0 Å². The molecule has 3 rings (SSSR count). The van der Waals surface area contributed by atoms with Gasteiger partial charge >= 0.3 is 0 Å². The van der Waals surface area contributed by atoms with Gasteiger partial charge in [-0.15, -0.1) is 0 Å². The van der Waals surface area contributed by atoms with E-state index in [2.05, 4.69) is 29.2 Å². The van der Waals surface area contributed by atoms with Crippen LogP contribution in [0.15, 0.2) is 0 Å². The van der Waals surface area contributed by atoms with Crippen LogP contribution in [0.5, 0.6) is 0 Å². The molecule has 6 nitrogen and oxygen atoms in total. The number of hydrogen-bond donors (Lipinski definition) is 2. The Hall–Kier alpha value is -1.40. The number of hydrazine groups is 1. The lowest BCUT2D eigenvalue weighted by molar-refractivity contribution is 0.0301. The van der Waals surface area contributed by atoms with E-state index in [0.717, 1.165) is 49.0 Å². The number of nitrogens with one attached hydrogen (secondary N) is 1. The molecule has 0 radical (unpaired) electrons. The van der Waals surface area contributed by atoms with Gasteiger partial charge in [0.15, 0.2) is 0 Å². The Morgan fingerprint density at radius 2 is 1.90 bits per heavy atom. The maximum absolute atomic E-state index is 5.90. The molecule has 2 saturated heterocycles. The number of fused-ring (bicyclic) bond motifs is 2. The van der Waals surface area contributed by atoms with Crippen LogP contribution in [-0.4, -0.2) is 35.3 Å². The van der Waals surface area contributed by atoms with Crippen molar-refractivity contribution in [1.29, 1.82) is 0 Å². The van der Waals surface area contributed by atoms with E-state index >= 15 is 0 Å². The normalized spacial score (nSPS) is 25.4. The summed E-state index contributed by atoms with van der Waals surface area (Å²) in [4.78, 5) is 11.6. The summed E-state index contributed by atoms with van der Waals surface area (Å²) in [7, 11) is 0. The minimum atomic E-state index is 0.277. The first-order valence-electron chi connectivity index (χ1n) is 7.34. The fraction of sp³-hybridized carbons (Fsp3) is 0.714. The fourth-order valence-corrected chi connectivity index (χ4v) is 3.02. The van der Waals surface area contributed by atoms with Gasteiger partial charge in [-0.25, -0.2) is 15.8 Å². The van der Waals surface area contributed by atoms with Gasteiger partial charge in [-0.3, -0.25) is 0 Å². The molecule has 3 heterocycles. The van der Waals surface area contributed by atoms with Gasteiger partial charge in [-0.05, 0) is 19.8 Å². The van der Waals surface area contributed by atoms with Crippen molar-refractivity contribution < 1.29 is 4.74 Å². The topological polar surface area (TPSA) is 76.3 Å². The zero-order valence-electron chi connectivity index (χ0n) is 12.4. The molecule has 1 aromatic heterocycles. The summed E-state index contributed by atoms with van der Waals surface area (Å²) in [5.74, 6) is 8.43. The molecule has 110 valence electrons. The Balaban J connectivity index is 1.97. The third-order valence-electron chi connectivity index (χ3n) is 4.13. The van der Waals surface area contributed by atoms with Crippen LogP contribution < -0.4 is 16.2 Å². The van der Waals surface area contributed by atoms with E-state index in [1.165, 1.54) is 0 Å². The van der Waals surface area contributed by atoms with E-state index in [1.807, 2.05) is 6.92 Å². The molecule has 3 N–H and O–H groups in total. The molecule has 20 heavy (non-hydrogen) atoms. The molecule has 2 fully saturated rings. The van der Waals surface area contributed by atoms with E-state index in [0.29, 0.717) is 12.2 Å². The Bertz CT molecular complexity index is 493. The molecular weight excluding hydrogens is 254 g/mol. The van der Waals surface area contributed by atoms with Crippen molar-refractivity contribution in [1.82, 2.24) is 9.97 Å². The van der Waals surface area contributed by atoms with Crippen LogP contribution >= 0.6 is 0 Å². The summed E-state index contributed by atoms with van der Waals surface area (Å²) in [6.45, 7) is 8.04. The van der Waals surface area contributed by atoms with Crippen molar-refractivity contribution in [3.63, 3.8) is 0 Å². The third kappa shape index (κ3) is 2.33. The number of anilines is 2. The molecule has 6 heteroatoms. The lowest BCUT2D eigenvalue weighted by Gasteiger charge is -2.34. The van der Waals surface area contributed by atoms with Crippen LogP contribution in [-0.2, 0) is 4.74 Å². The molecule has 2 aliphatic heterocycles. The Morgan fingerprint density at radius 1 is 1.25 bits per heavy atom. The Morgan fingerprint density at radius 3 is 2.45 bits per heavy atom. The van der Waals surface area contributed by atoms with E-state index in [-0.39, 0.29) is 5.92 Å². The molecule has 2 aliphatic rings. The average Bonchev–Trinajstić information content (AvgIpc) is 2.77. The highest BCUT2D eigenvalue weighted by Crippen LogP contribution is 2.32. The van der Waals surface area contributed by atoms with Crippen LogP contribution in [0.4, 0.5) is 11.6 Å². The fourth-order valence-electron chi connectivity index (χ4n) is 3.02. The van der Waals surface area contributed by atoms with Gasteiger partial charge in [0.05, 0.1) is 12.2 Å². The van der Waals surface area contributed by atoms with Gasteiger partial charge < -0.3 is 15.1 Å². The Labute approximate surface area is 119 Å². The van der Waals surface area contributed by atoms with Crippen molar-refractivity contribution in [3.05, 3.63) is 11.4 Å². The quantitative estimate of drug-likeness (QED) is 0.645. The predicted molar refractivity (Wildman–Crippen MR) is 78.8 cm³/mol. The number of rotatable bonds is 3. The van der Waals surface area contributed by atoms with Gasteiger partial charge in [0, 0.05) is 24.6 Å². The number of nitrogen functional groups attached to an aromatic ring is 1. The summed E-state index contributed by atoms with van der Waals surface area (Å²) >= 11 is 0. The van der Waals surface area contributed by atoms with Gasteiger partial charge in [0.25, 0.3) is 0 Å². The van der Waals surface area contributed by atoms with E-state index in [9.17, 15) is 0 Å². The molecule has 0 saturated carbocycles. The standard InChI is InChI=1S/C14H23N5O/c1-8(2)12-16-13(18-15)9(3)14(17-12)19-6-10-4-5-11(7-19)20-10/h8,10-11H,4-7,15H2,1-3H3,(H,16,17,18). The van der Waals surface area contributed by atoms with Crippen LogP contribution in [0.25, 0.3) is 0 Å². The monoisotopic (exact) mass is 277 g/mol. The second kappa shape index (κ2) is 5.18. The first kappa shape index (κ1) is 13.6. The molecule has 2 unspecified atom stereocenters. The first-order chi connectivity index (χ1) is 9.58. The summed E-state index contributed by atoms with van der Waals surface area (Å²) in [6.07, 6.45) is 3.01. The highest BCUT2D eigenvalue weighted by molar-refractivity contribution is 5.58. The van der Waals surface area contributed by atoms with Crippen molar-refractivity contribution in [2.45, 2.75) is 51.7 Å². The highest BCUT2D eigenvalue weighted by Gasteiger charge is 2.35. The summed E-state index contributed by atoms with van der Waals surface area (Å²) in [5, 5.41) is 0. The second-order valence-electron chi connectivity index (χ2n) is 6.04. The minimum absolute atomic E-state index is 0.277. The zero-order chi connectivity index (χ0) is 14.3. The van der Waals surface area contributed by atoms with Crippen molar-refractivity contribution in [2.75, 3.05) is 23.4 Å². The van der Waals surface area contributed by atoms with Gasteiger partial charge in [0.1, 0.15) is 17.5 Å². The van der Waals surface area contributed by atoms with Crippen LogP contribution in [0, 0.1) is 6.92 Å². The molecular formula is C14H23N5O. The first-order valence-corrected chi connectivity index (χ1v) is 7.34. The molecule has 2 atom stereocenters. The predicted octanol–water partition coefficient (Wildman–Crippen LogP) is 1.56. The molecule has 0 aromatic carbocycles. The maximum Gasteiger partial charge on any atom is 0.148 e. The van der Waals surface area contributed by atoms with E-state index in [4.69, 9.17) is 15.6 Å². The van der Waals surface area contributed by atoms with Crippen molar-refractivity contribution >= 4 is 11.6 Å². The summed E-state index contributed by atoms with van der Waals surface area (Å²) in [6, 6.07) is 0. The lowest BCUT2D eigenvalue weighted by Crippen LogP contribution is -2.43. The molecule has 0 spiro atoms. The molecule has 0 aliphatic carbocycles. The van der Waals surface area contributed by atoms with E-state index < -0.39 is 0 Å². The summed E-state index contributed by atoms with van der Waals surface area (Å²) in [5.41, 5.74) is 3.71. The SMILES string of the molecule is Cc1c(NN)nc(C(C)C)nc1N1CC2CCC(C1)O2. The van der Waals surface area contributed by atoms with Crippen LogP contribution in [0.3, 0.4) is 0 Å². The van der Waals surface area contributed by atoms with Gasteiger partial charge in [-0.1, -0.05) is 13.8 Å². The number of morpholine rings is 1. The van der Waals surface area contributed by atoms with Crippen molar-refractivity contribution in [3.8, 4) is 0 Å².